The van der Waals surface area contributed by atoms with Crippen molar-refractivity contribution >= 4 is 18.0 Å². The lowest BCUT2D eigenvalue weighted by Crippen LogP contribution is -1.98. The Morgan fingerprint density at radius 3 is 2.77 bits per heavy atom. The third-order valence-electron chi connectivity index (χ3n) is 2.05. The normalized spacial score (nSPS) is 21.7. The van der Waals surface area contributed by atoms with Crippen LogP contribution < -0.4 is 0 Å². The van der Waals surface area contributed by atoms with E-state index in [1.54, 1.807) is 12.4 Å². The fraction of sp³-hybridized carbons (Fsp3) is 0.444. The Morgan fingerprint density at radius 1 is 1.46 bits per heavy atom. The molecule has 4 heteroatoms. The first-order valence-electron chi connectivity index (χ1n) is 4.29. The zero-order chi connectivity index (χ0) is 9.10. The van der Waals surface area contributed by atoms with Crippen molar-refractivity contribution in [3.8, 4) is 0 Å². The third kappa shape index (κ3) is 1.88. The topological polar surface area (TPSA) is 42.9 Å². The first-order chi connectivity index (χ1) is 6.40. The fourth-order valence-corrected chi connectivity index (χ4v) is 2.58. The molecule has 1 atom stereocenters. The number of hydrogen-bond acceptors (Lipinski definition) is 4. The Kier molecular flexibility index (Phi) is 2.59. The molecule has 68 valence electrons. The van der Waals surface area contributed by atoms with Crippen LogP contribution in [0.3, 0.4) is 0 Å². The van der Waals surface area contributed by atoms with Gasteiger partial charge in [-0.2, -0.15) is 11.8 Å². The van der Waals surface area contributed by atoms with Gasteiger partial charge in [-0.3, -0.25) is 4.79 Å². The molecular formula is C9H10N2OS. The Labute approximate surface area is 81.0 Å². The van der Waals surface area contributed by atoms with Crippen molar-refractivity contribution in [2.45, 2.75) is 18.1 Å². The van der Waals surface area contributed by atoms with Crippen LogP contribution in [0.1, 0.15) is 34.3 Å². The zero-order valence-corrected chi connectivity index (χ0v) is 7.96. The number of carbonyl (C=O) groups excluding carboxylic acids is 1. The molecule has 0 bridgehead atoms. The van der Waals surface area contributed by atoms with Gasteiger partial charge in [0.05, 0.1) is 10.8 Å². The van der Waals surface area contributed by atoms with E-state index in [4.69, 9.17) is 0 Å². The monoisotopic (exact) mass is 194 g/mol. The molecule has 1 saturated heterocycles. The van der Waals surface area contributed by atoms with Gasteiger partial charge in [-0.15, -0.1) is 0 Å². The molecule has 0 amide bonds. The summed E-state index contributed by atoms with van der Waals surface area (Å²) in [6.07, 6.45) is 6.35. The third-order valence-corrected chi connectivity index (χ3v) is 3.42. The standard InChI is InChI=1S/C9H10N2OS/c12-6-7-4-10-9(11-5-7)8-2-1-3-13-8/h4-6,8H,1-3H2. The lowest BCUT2D eigenvalue weighted by atomic mass is 10.2. The van der Waals surface area contributed by atoms with Crippen molar-refractivity contribution in [1.82, 2.24) is 9.97 Å². The van der Waals surface area contributed by atoms with Crippen LogP contribution in [0, 0.1) is 0 Å². The van der Waals surface area contributed by atoms with Crippen LogP contribution >= 0.6 is 11.8 Å². The van der Waals surface area contributed by atoms with Gasteiger partial charge in [0.1, 0.15) is 5.82 Å². The van der Waals surface area contributed by atoms with E-state index >= 15 is 0 Å². The number of aromatic nitrogens is 2. The Bertz CT molecular complexity index is 293. The van der Waals surface area contributed by atoms with Gasteiger partial charge in [-0.25, -0.2) is 9.97 Å². The lowest BCUT2D eigenvalue weighted by Gasteiger charge is -2.05. The van der Waals surface area contributed by atoms with Crippen molar-refractivity contribution in [2.75, 3.05) is 5.75 Å². The average molecular weight is 194 g/mol. The number of rotatable bonds is 2. The first kappa shape index (κ1) is 8.69. The quantitative estimate of drug-likeness (QED) is 0.674. The van der Waals surface area contributed by atoms with E-state index < -0.39 is 0 Å². The molecule has 1 aliphatic rings. The van der Waals surface area contributed by atoms with Gasteiger partial charge in [0.2, 0.25) is 0 Å². The molecule has 13 heavy (non-hydrogen) atoms. The number of carbonyl (C=O) groups is 1. The van der Waals surface area contributed by atoms with Crippen LogP contribution in [0.15, 0.2) is 12.4 Å². The highest BCUT2D eigenvalue weighted by Crippen LogP contribution is 2.37. The predicted octanol–water partition coefficient (Wildman–Crippen LogP) is 1.86. The number of nitrogens with zero attached hydrogens (tertiary/aromatic N) is 2. The van der Waals surface area contributed by atoms with E-state index in [1.165, 1.54) is 12.2 Å². The largest absolute Gasteiger partial charge is 0.298 e. The summed E-state index contributed by atoms with van der Waals surface area (Å²) in [6.45, 7) is 0. The van der Waals surface area contributed by atoms with Crippen molar-refractivity contribution in [2.24, 2.45) is 0 Å². The highest BCUT2D eigenvalue weighted by atomic mass is 32.2. The van der Waals surface area contributed by atoms with E-state index in [1.807, 2.05) is 11.8 Å². The maximum absolute atomic E-state index is 10.4. The maximum atomic E-state index is 10.4. The molecule has 0 aromatic carbocycles. The number of hydrogen-bond donors (Lipinski definition) is 0. The minimum atomic E-state index is 0.445. The molecule has 1 aromatic rings. The second-order valence-electron chi connectivity index (χ2n) is 2.99. The predicted molar refractivity (Wildman–Crippen MR) is 51.9 cm³/mol. The number of aldehydes is 1. The maximum Gasteiger partial charge on any atom is 0.153 e. The van der Waals surface area contributed by atoms with Crippen molar-refractivity contribution in [1.29, 1.82) is 0 Å². The van der Waals surface area contributed by atoms with Crippen LogP contribution in [0.4, 0.5) is 0 Å². The highest BCUT2D eigenvalue weighted by Gasteiger charge is 2.19. The molecule has 1 unspecified atom stereocenters. The summed E-state index contributed by atoms with van der Waals surface area (Å²) in [7, 11) is 0. The van der Waals surface area contributed by atoms with E-state index in [9.17, 15) is 4.79 Å². The SMILES string of the molecule is O=Cc1cnc(C2CCCS2)nc1. The molecule has 0 aliphatic carbocycles. The molecule has 3 nitrogen and oxygen atoms in total. The summed E-state index contributed by atoms with van der Waals surface area (Å²) in [5.41, 5.74) is 0.548. The van der Waals surface area contributed by atoms with Gasteiger partial charge in [0, 0.05) is 12.4 Å². The minimum absolute atomic E-state index is 0.445. The molecule has 0 radical (unpaired) electrons. The van der Waals surface area contributed by atoms with Gasteiger partial charge >= 0.3 is 0 Å². The van der Waals surface area contributed by atoms with E-state index in [-0.39, 0.29) is 0 Å². The van der Waals surface area contributed by atoms with Crippen molar-refractivity contribution in [3.63, 3.8) is 0 Å². The molecule has 1 aromatic heterocycles. The Morgan fingerprint density at radius 2 is 2.23 bits per heavy atom. The smallest absolute Gasteiger partial charge is 0.153 e. The second kappa shape index (κ2) is 3.87. The van der Waals surface area contributed by atoms with Gasteiger partial charge in [-0.05, 0) is 18.6 Å². The van der Waals surface area contributed by atoms with Crippen LogP contribution in [0.5, 0.6) is 0 Å². The average Bonchev–Trinajstić information content (AvgIpc) is 2.71. The molecule has 2 heterocycles. The Hall–Kier alpha value is -0.900. The van der Waals surface area contributed by atoms with E-state index in [0.717, 1.165) is 18.5 Å². The van der Waals surface area contributed by atoms with Gasteiger partial charge in [0.15, 0.2) is 6.29 Å². The summed E-state index contributed by atoms with van der Waals surface area (Å²) in [5, 5.41) is 0.445. The molecular weight excluding hydrogens is 184 g/mol. The fourth-order valence-electron chi connectivity index (χ4n) is 1.36. The van der Waals surface area contributed by atoms with Gasteiger partial charge < -0.3 is 0 Å². The van der Waals surface area contributed by atoms with Crippen LogP contribution in [-0.4, -0.2) is 22.0 Å². The van der Waals surface area contributed by atoms with Gasteiger partial charge in [-0.1, -0.05) is 0 Å². The molecule has 0 spiro atoms. The van der Waals surface area contributed by atoms with Crippen LogP contribution in [-0.2, 0) is 0 Å². The molecule has 2 rings (SSSR count). The summed E-state index contributed by atoms with van der Waals surface area (Å²) in [5.74, 6) is 2.07. The zero-order valence-electron chi connectivity index (χ0n) is 7.14. The minimum Gasteiger partial charge on any atom is -0.298 e. The molecule has 0 N–H and O–H groups in total. The van der Waals surface area contributed by atoms with Crippen molar-refractivity contribution in [3.05, 3.63) is 23.8 Å². The summed E-state index contributed by atoms with van der Waals surface area (Å²) in [4.78, 5) is 18.7. The molecule has 0 saturated carbocycles. The molecule has 1 aliphatic heterocycles. The molecule has 1 fully saturated rings. The van der Waals surface area contributed by atoms with Crippen LogP contribution in [0.25, 0.3) is 0 Å². The van der Waals surface area contributed by atoms with E-state index in [2.05, 4.69) is 9.97 Å². The van der Waals surface area contributed by atoms with E-state index in [0.29, 0.717) is 10.8 Å². The Balaban J connectivity index is 2.16. The summed E-state index contributed by atoms with van der Waals surface area (Å²) < 4.78 is 0. The second-order valence-corrected chi connectivity index (χ2v) is 4.30. The summed E-state index contributed by atoms with van der Waals surface area (Å²) in [6, 6.07) is 0. The van der Waals surface area contributed by atoms with Crippen LogP contribution in [0.2, 0.25) is 0 Å². The number of thioether (sulfide) groups is 1. The van der Waals surface area contributed by atoms with Gasteiger partial charge in [0.25, 0.3) is 0 Å². The first-order valence-corrected chi connectivity index (χ1v) is 5.34. The lowest BCUT2D eigenvalue weighted by molar-refractivity contribution is 0.112. The highest BCUT2D eigenvalue weighted by molar-refractivity contribution is 7.99. The summed E-state index contributed by atoms with van der Waals surface area (Å²) >= 11 is 1.90. The van der Waals surface area contributed by atoms with Crippen molar-refractivity contribution < 1.29 is 4.79 Å².